The third kappa shape index (κ3) is 7.04. The molecule has 3 N–H and O–H groups in total. The Morgan fingerprint density at radius 3 is 2.43 bits per heavy atom. The van der Waals surface area contributed by atoms with Crippen molar-refractivity contribution in [1.29, 1.82) is 0 Å². The van der Waals surface area contributed by atoms with Crippen LogP contribution >= 0.6 is 11.8 Å². The van der Waals surface area contributed by atoms with Crippen LogP contribution in [0.4, 0.5) is 4.79 Å². The van der Waals surface area contributed by atoms with Gasteiger partial charge < -0.3 is 29.8 Å². The Morgan fingerprint density at radius 2 is 1.74 bits per heavy atom. The number of carbonyl (C=O) groups excluding carboxylic acids is 1. The largest absolute Gasteiger partial charge is 0.392 e. The van der Waals surface area contributed by atoms with Gasteiger partial charge in [-0.1, -0.05) is 91.5 Å². The fourth-order valence-electron chi connectivity index (χ4n) is 5.13. The molecular weight excluding hydrogens is 548 g/mol. The van der Waals surface area contributed by atoms with Crippen LogP contribution in [0.2, 0.25) is 0 Å². The molecule has 220 valence electrons. The van der Waals surface area contributed by atoms with Gasteiger partial charge in [-0.05, 0) is 34.7 Å². The van der Waals surface area contributed by atoms with E-state index in [0.29, 0.717) is 13.1 Å². The average molecular weight is 587 g/mol. The average Bonchev–Trinajstić information content (AvgIpc) is 3.44. The van der Waals surface area contributed by atoms with E-state index in [9.17, 15) is 9.90 Å². The second kappa shape index (κ2) is 14.0. The van der Waals surface area contributed by atoms with E-state index in [1.165, 1.54) is 0 Å². The molecule has 5 rings (SSSR count). The number of amides is 2. The van der Waals surface area contributed by atoms with E-state index in [2.05, 4.69) is 52.9 Å². The van der Waals surface area contributed by atoms with Gasteiger partial charge in [0.1, 0.15) is 0 Å². The standard InChI is InChI=1S/C33H38N4O4S/c1-4-34-32(39)36-19-27-7-5-6-8-28(27)24-13-15-26(16-14-24)31-40-29(21-42-33-35-17-18-37(33)3)22(2)30(41-31)25-11-9-23(20-38)10-12-25/h5-18,22,29-31,38H,4,19-21H2,1-3H3,(H2,34,36,39)/t22-,29+,30+,31+/m1/s1. The normalized spacial score (nSPS) is 20.3. The Balaban J connectivity index is 1.37. The maximum absolute atomic E-state index is 12.0. The highest BCUT2D eigenvalue weighted by Crippen LogP contribution is 2.43. The topological polar surface area (TPSA) is 97.6 Å². The van der Waals surface area contributed by atoms with Crippen LogP contribution in [-0.2, 0) is 29.7 Å². The summed E-state index contributed by atoms with van der Waals surface area (Å²) in [4.78, 5) is 16.4. The number of nitrogens with one attached hydrogen (secondary N) is 2. The molecule has 1 aliphatic heterocycles. The second-order valence-electron chi connectivity index (χ2n) is 10.4. The molecule has 4 aromatic rings. The Labute approximate surface area is 251 Å². The monoisotopic (exact) mass is 586 g/mol. The summed E-state index contributed by atoms with van der Waals surface area (Å²) in [5, 5.41) is 16.2. The van der Waals surface area contributed by atoms with Crippen LogP contribution in [0.1, 0.15) is 48.5 Å². The lowest BCUT2D eigenvalue weighted by Crippen LogP contribution is -2.38. The highest BCUT2D eigenvalue weighted by atomic mass is 32.2. The van der Waals surface area contributed by atoms with Gasteiger partial charge in [-0.3, -0.25) is 0 Å². The van der Waals surface area contributed by atoms with Crippen molar-refractivity contribution in [2.75, 3.05) is 12.3 Å². The zero-order valence-corrected chi connectivity index (χ0v) is 25.0. The minimum atomic E-state index is -0.542. The van der Waals surface area contributed by atoms with Crippen molar-refractivity contribution in [3.8, 4) is 11.1 Å². The number of hydrogen-bond donors (Lipinski definition) is 3. The fraction of sp³-hybridized carbons (Fsp3) is 0.333. The first-order valence-corrected chi connectivity index (χ1v) is 15.3. The first kappa shape index (κ1) is 29.8. The molecule has 42 heavy (non-hydrogen) atoms. The Hall–Kier alpha value is -3.63. The van der Waals surface area contributed by atoms with Gasteiger partial charge >= 0.3 is 6.03 Å². The summed E-state index contributed by atoms with van der Waals surface area (Å²) in [6, 6.07) is 24.1. The molecule has 1 saturated heterocycles. The number of carbonyl (C=O) groups is 1. The van der Waals surface area contributed by atoms with Gasteiger partial charge in [0.2, 0.25) is 0 Å². The van der Waals surface area contributed by atoms with Crippen molar-refractivity contribution in [3.05, 3.63) is 107 Å². The molecule has 1 aliphatic rings. The van der Waals surface area contributed by atoms with Crippen molar-refractivity contribution < 1.29 is 19.4 Å². The summed E-state index contributed by atoms with van der Waals surface area (Å²) in [5.74, 6) is 0.832. The van der Waals surface area contributed by atoms with E-state index >= 15 is 0 Å². The van der Waals surface area contributed by atoms with Crippen molar-refractivity contribution in [1.82, 2.24) is 20.2 Å². The minimum Gasteiger partial charge on any atom is -0.392 e. The van der Waals surface area contributed by atoms with E-state index in [4.69, 9.17) is 9.47 Å². The molecule has 9 heteroatoms. The molecule has 0 unspecified atom stereocenters. The van der Waals surface area contributed by atoms with Gasteiger partial charge in [0.05, 0.1) is 18.8 Å². The summed E-state index contributed by atoms with van der Waals surface area (Å²) in [6.07, 6.45) is 2.96. The number of aliphatic hydroxyl groups is 1. The van der Waals surface area contributed by atoms with Crippen molar-refractivity contribution in [3.63, 3.8) is 0 Å². The fourth-order valence-corrected chi connectivity index (χ4v) is 6.23. The third-order valence-corrected chi connectivity index (χ3v) is 8.71. The van der Waals surface area contributed by atoms with E-state index in [1.54, 1.807) is 18.0 Å². The van der Waals surface area contributed by atoms with E-state index in [1.807, 2.05) is 67.2 Å². The van der Waals surface area contributed by atoms with Gasteiger partial charge in [-0.25, -0.2) is 9.78 Å². The molecule has 2 heterocycles. The minimum absolute atomic E-state index is 0.00744. The number of ether oxygens (including phenoxy) is 2. The molecule has 0 bridgehead atoms. The highest BCUT2D eigenvalue weighted by molar-refractivity contribution is 7.99. The summed E-state index contributed by atoms with van der Waals surface area (Å²) in [7, 11) is 1.99. The van der Waals surface area contributed by atoms with Crippen LogP contribution in [0.15, 0.2) is 90.3 Å². The molecule has 8 nitrogen and oxygen atoms in total. The van der Waals surface area contributed by atoms with Crippen LogP contribution < -0.4 is 10.6 Å². The van der Waals surface area contributed by atoms with Crippen LogP contribution in [0.5, 0.6) is 0 Å². The summed E-state index contributed by atoms with van der Waals surface area (Å²) in [5.41, 5.74) is 6.01. The van der Waals surface area contributed by atoms with Crippen LogP contribution in [0.3, 0.4) is 0 Å². The van der Waals surface area contributed by atoms with Crippen molar-refractivity contribution >= 4 is 17.8 Å². The number of benzene rings is 3. The highest BCUT2D eigenvalue weighted by Gasteiger charge is 2.38. The number of aliphatic hydroxyl groups excluding tert-OH is 1. The van der Waals surface area contributed by atoms with Crippen molar-refractivity contribution in [2.45, 2.75) is 50.7 Å². The number of thioether (sulfide) groups is 1. The molecule has 0 radical (unpaired) electrons. The smallest absolute Gasteiger partial charge is 0.315 e. The van der Waals surface area contributed by atoms with Crippen LogP contribution in [0.25, 0.3) is 11.1 Å². The van der Waals surface area contributed by atoms with Gasteiger partial charge in [-0.2, -0.15) is 0 Å². The Morgan fingerprint density at radius 1 is 1.00 bits per heavy atom. The lowest BCUT2D eigenvalue weighted by atomic mass is 9.91. The molecule has 0 aliphatic carbocycles. The molecular formula is C33H38N4O4S. The van der Waals surface area contributed by atoms with Gasteiger partial charge in [-0.15, -0.1) is 0 Å². The lowest BCUT2D eigenvalue weighted by molar-refractivity contribution is -0.268. The van der Waals surface area contributed by atoms with Gasteiger partial charge in [0.15, 0.2) is 11.4 Å². The predicted octanol–water partition coefficient (Wildman–Crippen LogP) is 5.98. The summed E-state index contributed by atoms with van der Waals surface area (Å²) >= 11 is 1.68. The van der Waals surface area contributed by atoms with E-state index in [-0.39, 0.29) is 30.8 Å². The molecule has 0 saturated carbocycles. The maximum atomic E-state index is 12.0. The summed E-state index contributed by atoms with van der Waals surface area (Å²) < 4.78 is 15.2. The predicted molar refractivity (Wildman–Crippen MR) is 165 cm³/mol. The number of rotatable bonds is 10. The number of urea groups is 1. The van der Waals surface area contributed by atoms with E-state index in [0.717, 1.165) is 44.3 Å². The molecule has 4 atom stereocenters. The number of nitrogens with zero attached hydrogens (tertiary/aromatic N) is 2. The molecule has 2 amide bonds. The third-order valence-electron chi connectivity index (χ3n) is 7.57. The lowest BCUT2D eigenvalue weighted by Gasteiger charge is -2.41. The zero-order chi connectivity index (χ0) is 29.5. The molecule has 3 aromatic carbocycles. The number of imidazole rings is 1. The molecule has 0 spiro atoms. The molecule has 1 aromatic heterocycles. The van der Waals surface area contributed by atoms with Gasteiger partial charge in [0, 0.05) is 49.8 Å². The second-order valence-corrected chi connectivity index (χ2v) is 11.4. The van der Waals surface area contributed by atoms with Gasteiger partial charge in [0.25, 0.3) is 0 Å². The van der Waals surface area contributed by atoms with Crippen LogP contribution in [0, 0.1) is 5.92 Å². The first-order valence-electron chi connectivity index (χ1n) is 14.3. The van der Waals surface area contributed by atoms with Crippen molar-refractivity contribution in [2.24, 2.45) is 13.0 Å². The van der Waals surface area contributed by atoms with E-state index < -0.39 is 6.29 Å². The Kier molecular flexibility index (Phi) is 9.97. The molecule has 1 fully saturated rings. The van der Waals surface area contributed by atoms with Crippen LogP contribution in [-0.4, -0.2) is 39.1 Å². The quantitative estimate of drug-likeness (QED) is 0.198. The Bertz CT molecular complexity index is 1460. The zero-order valence-electron chi connectivity index (χ0n) is 24.2. The SMILES string of the molecule is CCNC(=O)NCc1ccccc1-c1ccc([C@H]2O[C@@H](CSc3nccn3C)[C@@H](C)[C@@H](c3ccc(CO)cc3)O2)cc1. The first-order chi connectivity index (χ1) is 20.5. The number of aromatic nitrogens is 2. The number of hydrogen-bond acceptors (Lipinski definition) is 6. The summed E-state index contributed by atoms with van der Waals surface area (Å²) in [6.45, 7) is 5.08. The maximum Gasteiger partial charge on any atom is 0.315 e. The number of aryl methyl sites for hydroxylation is 1.